The highest BCUT2D eigenvalue weighted by Gasteiger charge is 2.26. The summed E-state index contributed by atoms with van der Waals surface area (Å²) in [6.07, 6.45) is -1.05. The largest absolute Gasteiger partial charge is 0.491 e. The second-order valence-corrected chi connectivity index (χ2v) is 7.33. The first-order valence-electron chi connectivity index (χ1n) is 10.2. The van der Waals surface area contributed by atoms with Crippen molar-refractivity contribution in [2.45, 2.75) is 18.9 Å². The van der Waals surface area contributed by atoms with Crippen molar-refractivity contribution in [1.29, 1.82) is 0 Å². The molecule has 0 aromatic heterocycles. The van der Waals surface area contributed by atoms with Gasteiger partial charge in [-0.1, -0.05) is 12.1 Å². The first-order chi connectivity index (χ1) is 15.5. The van der Waals surface area contributed by atoms with E-state index in [1.807, 2.05) is 0 Å². The van der Waals surface area contributed by atoms with Gasteiger partial charge in [-0.05, 0) is 24.3 Å². The molecule has 3 N–H and O–H groups in total. The highest BCUT2D eigenvalue weighted by molar-refractivity contribution is 6.10. The van der Waals surface area contributed by atoms with Crippen LogP contribution in [-0.2, 0) is 14.4 Å². The van der Waals surface area contributed by atoms with E-state index in [0.717, 1.165) is 0 Å². The zero-order valence-electron chi connectivity index (χ0n) is 17.2. The number of hydrogen-bond donors (Lipinski definition) is 3. The monoisotopic (exact) mass is 441 g/mol. The Balaban J connectivity index is 1.19. The summed E-state index contributed by atoms with van der Waals surface area (Å²) >= 11 is 0. The Morgan fingerprint density at radius 1 is 1.16 bits per heavy atom. The van der Waals surface area contributed by atoms with E-state index in [4.69, 9.17) is 14.2 Å². The number of ether oxygens (including phenoxy) is 3. The third-order valence-corrected chi connectivity index (χ3v) is 4.96. The topological polar surface area (TPSA) is 126 Å². The van der Waals surface area contributed by atoms with Gasteiger partial charge in [-0.2, -0.15) is 0 Å². The maximum absolute atomic E-state index is 12.6. The number of carbonyl (C=O) groups excluding carboxylic acids is 3. The number of carbonyl (C=O) groups is 3. The molecule has 0 fully saturated rings. The molecule has 2 aromatic carbocycles. The molecule has 0 saturated carbocycles. The molecule has 0 radical (unpaired) electrons. The van der Waals surface area contributed by atoms with Crippen molar-refractivity contribution in [2.24, 2.45) is 0 Å². The van der Waals surface area contributed by atoms with Crippen molar-refractivity contribution < 1.29 is 33.7 Å². The molecule has 0 spiro atoms. The number of nitrogens with one attached hydrogen (secondary N) is 2. The average molecular weight is 441 g/mol. The highest BCUT2D eigenvalue weighted by Crippen LogP contribution is 2.35. The van der Waals surface area contributed by atoms with Crippen molar-refractivity contribution >= 4 is 29.1 Å². The van der Waals surface area contributed by atoms with E-state index in [9.17, 15) is 19.5 Å². The molecule has 168 valence electrons. The molecular formula is C22H23N3O7. The second kappa shape index (κ2) is 9.56. The Labute approximate surface area is 184 Å². The number of benzene rings is 2. The number of nitrogens with zero attached hydrogens (tertiary/aromatic N) is 1. The van der Waals surface area contributed by atoms with Crippen LogP contribution in [0, 0.1) is 0 Å². The zero-order chi connectivity index (χ0) is 22.5. The maximum Gasteiger partial charge on any atom is 0.244 e. The minimum Gasteiger partial charge on any atom is -0.491 e. The summed E-state index contributed by atoms with van der Waals surface area (Å²) in [4.78, 5) is 37.9. The fourth-order valence-electron chi connectivity index (χ4n) is 3.35. The number of rotatable bonds is 8. The van der Waals surface area contributed by atoms with Crippen LogP contribution in [0.15, 0.2) is 42.5 Å². The number of aliphatic hydroxyl groups is 1. The van der Waals surface area contributed by atoms with Crippen molar-refractivity contribution in [3.05, 3.63) is 42.5 Å². The molecule has 3 amide bonds. The standard InChI is InChI=1S/C22H23N3O7/c26-14(12-30-15-5-6-18-19(9-15)32-13-31-18)10-23-20(27)7-8-22(29)25-11-21(28)24-16-3-1-2-4-17(16)25/h1-6,9,14,26H,7-8,10-13H2,(H,23,27)(H,24,28). The number of anilines is 2. The summed E-state index contributed by atoms with van der Waals surface area (Å²) in [5.74, 6) is 0.727. The molecule has 1 unspecified atom stereocenters. The maximum atomic E-state index is 12.6. The molecule has 0 aliphatic carbocycles. The Morgan fingerprint density at radius 3 is 2.84 bits per heavy atom. The smallest absolute Gasteiger partial charge is 0.244 e. The molecule has 32 heavy (non-hydrogen) atoms. The summed E-state index contributed by atoms with van der Waals surface area (Å²) in [6.45, 7) is 0.0197. The van der Waals surface area contributed by atoms with Gasteiger partial charge < -0.3 is 34.9 Å². The lowest BCUT2D eigenvalue weighted by Gasteiger charge is -2.29. The number of aliphatic hydroxyl groups excluding tert-OH is 1. The van der Waals surface area contributed by atoms with Gasteiger partial charge in [0.05, 0.1) is 11.4 Å². The summed E-state index contributed by atoms with van der Waals surface area (Å²) < 4.78 is 16.0. The van der Waals surface area contributed by atoms with E-state index in [1.54, 1.807) is 42.5 Å². The van der Waals surface area contributed by atoms with Crippen LogP contribution in [0.3, 0.4) is 0 Å². The number of amides is 3. The van der Waals surface area contributed by atoms with Gasteiger partial charge in [0.15, 0.2) is 11.5 Å². The van der Waals surface area contributed by atoms with Gasteiger partial charge in [-0.25, -0.2) is 0 Å². The first kappa shape index (κ1) is 21.4. The molecule has 2 aromatic rings. The van der Waals surface area contributed by atoms with E-state index in [-0.39, 0.29) is 57.1 Å². The fraction of sp³-hybridized carbons (Fsp3) is 0.318. The molecule has 1 atom stereocenters. The van der Waals surface area contributed by atoms with Crippen molar-refractivity contribution in [3.63, 3.8) is 0 Å². The van der Waals surface area contributed by atoms with Gasteiger partial charge in [0, 0.05) is 25.5 Å². The molecule has 10 nitrogen and oxygen atoms in total. The normalized spacial score (nSPS) is 14.9. The summed E-state index contributed by atoms with van der Waals surface area (Å²) in [5, 5.41) is 15.4. The molecule has 2 heterocycles. The molecular weight excluding hydrogens is 418 g/mol. The Kier molecular flexibility index (Phi) is 6.41. The third-order valence-electron chi connectivity index (χ3n) is 4.96. The van der Waals surface area contributed by atoms with Gasteiger partial charge in [0.2, 0.25) is 24.5 Å². The summed E-state index contributed by atoms with van der Waals surface area (Å²) in [7, 11) is 0. The minimum absolute atomic E-state index is 0.0213. The predicted molar refractivity (Wildman–Crippen MR) is 114 cm³/mol. The average Bonchev–Trinajstić information content (AvgIpc) is 3.27. The van der Waals surface area contributed by atoms with Gasteiger partial charge in [-0.15, -0.1) is 0 Å². The second-order valence-electron chi connectivity index (χ2n) is 7.33. The lowest BCUT2D eigenvalue weighted by Crippen LogP contribution is -2.42. The molecule has 0 saturated heterocycles. The molecule has 4 rings (SSSR count). The van der Waals surface area contributed by atoms with Gasteiger partial charge in [0.1, 0.15) is 25.0 Å². The van der Waals surface area contributed by atoms with Crippen molar-refractivity contribution in [1.82, 2.24) is 5.32 Å². The lowest BCUT2D eigenvalue weighted by atomic mass is 10.1. The van der Waals surface area contributed by atoms with Crippen LogP contribution in [0.1, 0.15) is 12.8 Å². The number of hydrogen-bond acceptors (Lipinski definition) is 7. The third kappa shape index (κ3) is 5.09. The number of fused-ring (bicyclic) bond motifs is 2. The van der Waals surface area contributed by atoms with Crippen molar-refractivity contribution in [2.75, 3.05) is 36.7 Å². The van der Waals surface area contributed by atoms with E-state index in [1.165, 1.54) is 4.90 Å². The first-order valence-corrected chi connectivity index (χ1v) is 10.2. The van der Waals surface area contributed by atoms with Crippen LogP contribution >= 0.6 is 0 Å². The van der Waals surface area contributed by atoms with Gasteiger partial charge in [0.25, 0.3) is 0 Å². The van der Waals surface area contributed by atoms with E-state index in [2.05, 4.69) is 10.6 Å². The molecule has 2 aliphatic rings. The fourth-order valence-corrected chi connectivity index (χ4v) is 3.35. The summed E-state index contributed by atoms with van der Waals surface area (Å²) in [6, 6.07) is 12.1. The van der Waals surface area contributed by atoms with Crippen LogP contribution in [0.25, 0.3) is 0 Å². The number of para-hydroxylation sites is 2. The molecule has 10 heteroatoms. The molecule has 2 aliphatic heterocycles. The Morgan fingerprint density at radius 2 is 1.97 bits per heavy atom. The highest BCUT2D eigenvalue weighted by atomic mass is 16.7. The van der Waals surface area contributed by atoms with Crippen LogP contribution < -0.4 is 29.7 Å². The van der Waals surface area contributed by atoms with E-state index in [0.29, 0.717) is 28.6 Å². The van der Waals surface area contributed by atoms with Crippen molar-refractivity contribution in [3.8, 4) is 17.2 Å². The van der Waals surface area contributed by atoms with Crippen LogP contribution in [0.4, 0.5) is 11.4 Å². The minimum atomic E-state index is -0.933. The molecule has 0 bridgehead atoms. The summed E-state index contributed by atoms with van der Waals surface area (Å²) in [5.41, 5.74) is 1.17. The SMILES string of the molecule is O=C(CCC(=O)N1CC(=O)Nc2ccccc21)NCC(O)COc1ccc2c(c1)OCO2. The van der Waals surface area contributed by atoms with Gasteiger partial charge >= 0.3 is 0 Å². The van der Waals surface area contributed by atoms with Crippen LogP contribution in [0.5, 0.6) is 17.2 Å². The quantitative estimate of drug-likeness (QED) is 0.559. The van der Waals surface area contributed by atoms with Crippen LogP contribution in [0.2, 0.25) is 0 Å². The van der Waals surface area contributed by atoms with Crippen LogP contribution in [-0.4, -0.2) is 55.4 Å². The van der Waals surface area contributed by atoms with E-state index < -0.39 is 6.10 Å². The Hall–Kier alpha value is -3.79. The van der Waals surface area contributed by atoms with Gasteiger partial charge in [-0.3, -0.25) is 14.4 Å². The predicted octanol–water partition coefficient (Wildman–Crippen LogP) is 1.04. The van der Waals surface area contributed by atoms with E-state index >= 15 is 0 Å². The lowest BCUT2D eigenvalue weighted by molar-refractivity contribution is -0.126. The zero-order valence-corrected chi connectivity index (χ0v) is 17.2. The Bertz CT molecular complexity index is 1030.